The fourth-order valence-corrected chi connectivity index (χ4v) is 4.25. The average Bonchev–Trinajstić information content (AvgIpc) is 2.60. The number of ether oxygens (including phenoxy) is 2. The van der Waals surface area contributed by atoms with E-state index in [0.29, 0.717) is 17.1 Å². The van der Waals surface area contributed by atoms with E-state index < -0.39 is 16.8 Å². The molecule has 1 aliphatic carbocycles. The second-order valence-electron chi connectivity index (χ2n) is 5.54. The second-order valence-corrected chi connectivity index (χ2v) is 7.55. The predicted molar refractivity (Wildman–Crippen MR) is 90.5 cm³/mol. The lowest BCUT2D eigenvalue weighted by atomic mass is 9.95. The van der Waals surface area contributed by atoms with Gasteiger partial charge in [0.05, 0.1) is 14.2 Å². The fourth-order valence-electron chi connectivity index (χ4n) is 2.90. The van der Waals surface area contributed by atoms with Crippen LogP contribution in [0.5, 0.6) is 5.88 Å². The minimum atomic E-state index is -0.756. The van der Waals surface area contributed by atoms with E-state index in [-0.39, 0.29) is 17.2 Å². The van der Waals surface area contributed by atoms with E-state index in [2.05, 4.69) is 10.3 Å². The Bertz CT molecular complexity index is 579. The highest BCUT2D eigenvalue weighted by molar-refractivity contribution is 7.85. The quantitative estimate of drug-likeness (QED) is 0.801. The molecule has 1 aliphatic rings. The molecule has 0 amide bonds. The first-order valence-corrected chi connectivity index (χ1v) is 9.24. The van der Waals surface area contributed by atoms with Gasteiger partial charge in [-0.25, -0.2) is 4.79 Å². The van der Waals surface area contributed by atoms with E-state index in [4.69, 9.17) is 9.47 Å². The number of carbonyl (C=O) groups excluding carboxylic acids is 1. The number of hydrogen-bond donors (Lipinski definition) is 1. The number of nitrogens with zero attached hydrogens (tertiary/aromatic N) is 1. The summed E-state index contributed by atoms with van der Waals surface area (Å²) in [4.78, 5) is 16.0. The van der Waals surface area contributed by atoms with Crippen LogP contribution in [0, 0.1) is 0 Å². The van der Waals surface area contributed by atoms with Crippen LogP contribution in [0.4, 0.5) is 5.82 Å². The van der Waals surface area contributed by atoms with Gasteiger partial charge >= 0.3 is 5.97 Å². The lowest BCUT2D eigenvalue weighted by Gasteiger charge is -2.29. The monoisotopic (exact) mass is 340 g/mol. The summed E-state index contributed by atoms with van der Waals surface area (Å²) in [6, 6.07) is 3.63. The maximum Gasteiger partial charge on any atom is 0.343 e. The van der Waals surface area contributed by atoms with E-state index in [1.54, 1.807) is 12.1 Å². The maximum absolute atomic E-state index is 12.0. The van der Waals surface area contributed by atoms with Gasteiger partial charge in [0.2, 0.25) is 5.88 Å². The Morgan fingerprint density at radius 2 is 2.17 bits per heavy atom. The van der Waals surface area contributed by atoms with Crippen molar-refractivity contribution in [1.82, 2.24) is 4.98 Å². The van der Waals surface area contributed by atoms with Gasteiger partial charge in [-0.1, -0.05) is 13.3 Å². The smallest absolute Gasteiger partial charge is 0.343 e. The molecular formula is C16H24N2O4S. The topological polar surface area (TPSA) is 77.5 Å². The Balaban J connectivity index is 2.08. The molecule has 1 N–H and O–H groups in total. The van der Waals surface area contributed by atoms with Gasteiger partial charge < -0.3 is 14.8 Å². The van der Waals surface area contributed by atoms with Crippen molar-refractivity contribution in [3.63, 3.8) is 0 Å². The molecule has 1 saturated carbocycles. The molecule has 1 fully saturated rings. The Kier molecular flexibility index (Phi) is 6.38. The zero-order chi connectivity index (χ0) is 16.8. The van der Waals surface area contributed by atoms with Crippen molar-refractivity contribution < 1.29 is 18.5 Å². The van der Waals surface area contributed by atoms with Gasteiger partial charge in [0.1, 0.15) is 11.4 Å². The summed E-state index contributed by atoms with van der Waals surface area (Å²) in [7, 11) is 2.04. The van der Waals surface area contributed by atoms with Gasteiger partial charge in [-0.3, -0.25) is 4.21 Å². The van der Waals surface area contributed by atoms with Crippen molar-refractivity contribution in [3.05, 3.63) is 17.7 Å². The Hall–Kier alpha value is -1.63. The minimum absolute atomic E-state index is 0.241. The van der Waals surface area contributed by atoms with Crippen molar-refractivity contribution in [2.24, 2.45) is 0 Å². The van der Waals surface area contributed by atoms with Gasteiger partial charge in [-0.15, -0.1) is 0 Å². The lowest BCUT2D eigenvalue weighted by Crippen LogP contribution is -2.33. The Morgan fingerprint density at radius 3 is 2.83 bits per heavy atom. The van der Waals surface area contributed by atoms with Crippen LogP contribution in [0.2, 0.25) is 0 Å². The van der Waals surface area contributed by atoms with Crippen LogP contribution in [0.1, 0.15) is 43.0 Å². The third-order valence-electron chi connectivity index (χ3n) is 4.09. The molecule has 3 unspecified atom stereocenters. The first kappa shape index (κ1) is 17.7. The summed E-state index contributed by atoms with van der Waals surface area (Å²) in [5.74, 6) is 1.13. The van der Waals surface area contributed by atoms with Gasteiger partial charge in [-0.2, -0.15) is 4.98 Å². The zero-order valence-electron chi connectivity index (χ0n) is 13.8. The first-order valence-electron chi connectivity index (χ1n) is 7.86. The SMILES string of the molecule is CCS(=O)C1CCCC(Nc2ccc(C(=O)OC)c(OC)n2)C1. The number of rotatable bonds is 6. The fraction of sp³-hybridized carbons (Fsp3) is 0.625. The molecule has 0 saturated heterocycles. The highest BCUT2D eigenvalue weighted by Crippen LogP contribution is 2.26. The van der Waals surface area contributed by atoms with Crippen LogP contribution in [0.15, 0.2) is 12.1 Å². The van der Waals surface area contributed by atoms with Crippen LogP contribution >= 0.6 is 0 Å². The third kappa shape index (κ3) is 4.43. The van der Waals surface area contributed by atoms with Gasteiger partial charge in [-0.05, 0) is 31.4 Å². The van der Waals surface area contributed by atoms with Crippen molar-refractivity contribution >= 4 is 22.6 Å². The van der Waals surface area contributed by atoms with Crippen LogP contribution in [0.3, 0.4) is 0 Å². The highest BCUT2D eigenvalue weighted by Gasteiger charge is 2.26. The summed E-state index contributed by atoms with van der Waals surface area (Å²) >= 11 is 0. The van der Waals surface area contributed by atoms with Crippen LogP contribution in [-0.2, 0) is 15.5 Å². The van der Waals surface area contributed by atoms with Gasteiger partial charge in [0, 0.05) is 27.8 Å². The molecule has 23 heavy (non-hydrogen) atoms. The van der Waals surface area contributed by atoms with Crippen molar-refractivity contribution in [2.75, 3.05) is 25.3 Å². The van der Waals surface area contributed by atoms with E-state index in [1.165, 1.54) is 14.2 Å². The average molecular weight is 340 g/mol. The second kappa shape index (κ2) is 8.29. The maximum atomic E-state index is 12.0. The molecule has 3 atom stereocenters. The number of aromatic nitrogens is 1. The van der Waals surface area contributed by atoms with Crippen molar-refractivity contribution in [1.29, 1.82) is 0 Å². The molecule has 2 rings (SSSR count). The zero-order valence-corrected chi connectivity index (χ0v) is 14.6. The van der Waals surface area contributed by atoms with Crippen LogP contribution in [-0.4, -0.2) is 46.4 Å². The molecule has 0 aliphatic heterocycles. The van der Waals surface area contributed by atoms with Crippen molar-refractivity contribution in [3.8, 4) is 5.88 Å². The number of pyridine rings is 1. The minimum Gasteiger partial charge on any atom is -0.480 e. The van der Waals surface area contributed by atoms with Gasteiger partial charge in [0.25, 0.3) is 0 Å². The normalized spacial score (nSPS) is 22.2. The Morgan fingerprint density at radius 1 is 1.39 bits per heavy atom. The number of nitrogens with one attached hydrogen (secondary N) is 1. The molecule has 1 aromatic heterocycles. The summed E-state index contributed by atoms with van der Waals surface area (Å²) in [6.07, 6.45) is 3.99. The van der Waals surface area contributed by atoms with E-state index >= 15 is 0 Å². The molecule has 0 bridgehead atoms. The summed E-state index contributed by atoms with van der Waals surface area (Å²) < 4.78 is 21.9. The number of anilines is 1. The Labute approximate surface area is 139 Å². The molecule has 128 valence electrons. The molecule has 7 heteroatoms. The molecule has 0 aromatic carbocycles. The highest BCUT2D eigenvalue weighted by atomic mass is 32.2. The summed E-state index contributed by atoms with van der Waals surface area (Å²) in [6.45, 7) is 1.96. The number of methoxy groups -OCH3 is 2. The van der Waals surface area contributed by atoms with Crippen LogP contribution in [0.25, 0.3) is 0 Å². The predicted octanol–water partition coefficient (Wildman–Crippen LogP) is 2.37. The molecule has 1 aromatic rings. The van der Waals surface area contributed by atoms with E-state index in [9.17, 15) is 9.00 Å². The molecular weight excluding hydrogens is 316 g/mol. The summed E-state index contributed by atoms with van der Waals surface area (Å²) in [5, 5.41) is 3.62. The number of esters is 1. The third-order valence-corrected chi connectivity index (χ3v) is 5.83. The summed E-state index contributed by atoms with van der Waals surface area (Å²) in [5.41, 5.74) is 0.300. The van der Waals surface area contributed by atoms with E-state index in [0.717, 1.165) is 25.7 Å². The lowest BCUT2D eigenvalue weighted by molar-refractivity contribution is 0.0596. The van der Waals surface area contributed by atoms with Crippen LogP contribution < -0.4 is 10.1 Å². The number of carbonyl (C=O) groups is 1. The molecule has 0 radical (unpaired) electrons. The largest absolute Gasteiger partial charge is 0.480 e. The molecule has 6 nitrogen and oxygen atoms in total. The first-order chi connectivity index (χ1) is 11.1. The molecule has 1 heterocycles. The number of hydrogen-bond acceptors (Lipinski definition) is 6. The van der Waals surface area contributed by atoms with Crippen molar-refractivity contribution in [2.45, 2.75) is 43.9 Å². The standard InChI is InChI=1S/C16H24N2O4S/c1-4-23(20)12-7-5-6-11(10-12)17-14-9-8-13(16(19)22-3)15(18-14)21-2/h8-9,11-12H,4-7,10H2,1-3H3,(H,17,18). The van der Waals surface area contributed by atoms with E-state index in [1.807, 2.05) is 6.92 Å². The van der Waals surface area contributed by atoms with Gasteiger partial charge in [0.15, 0.2) is 0 Å². The molecule has 0 spiro atoms.